The molecule has 21 heavy (non-hydrogen) atoms. The van der Waals surface area contributed by atoms with Crippen LogP contribution in [0.1, 0.15) is 41.7 Å². The Labute approximate surface area is 126 Å². The van der Waals surface area contributed by atoms with Crippen LogP contribution in [0.2, 0.25) is 0 Å². The molecule has 0 spiro atoms. The van der Waals surface area contributed by atoms with Crippen LogP contribution in [0.15, 0.2) is 48.7 Å². The van der Waals surface area contributed by atoms with E-state index in [4.69, 9.17) is 4.74 Å². The fourth-order valence-electron chi connectivity index (χ4n) is 2.24. The molecule has 2 aromatic rings. The van der Waals surface area contributed by atoms with Crippen molar-refractivity contribution < 1.29 is 9.53 Å². The van der Waals surface area contributed by atoms with Crippen molar-refractivity contribution in [1.82, 2.24) is 4.98 Å². The van der Waals surface area contributed by atoms with Crippen molar-refractivity contribution in [3.8, 4) is 5.75 Å². The quantitative estimate of drug-likeness (QED) is 0.541. The molecule has 0 aliphatic heterocycles. The molecule has 0 saturated carbocycles. The van der Waals surface area contributed by atoms with Crippen molar-refractivity contribution in [2.24, 2.45) is 0 Å². The molecule has 3 nitrogen and oxygen atoms in total. The summed E-state index contributed by atoms with van der Waals surface area (Å²) in [4.78, 5) is 16.3. The minimum Gasteiger partial charge on any atom is -0.497 e. The molecule has 0 saturated heterocycles. The van der Waals surface area contributed by atoms with Gasteiger partial charge >= 0.3 is 0 Å². The number of methoxy groups -OCH3 is 1. The Morgan fingerprint density at radius 3 is 2.52 bits per heavy atom. The van der Waals surface area contributed by atoms with Gasteiger partial charge in [-0.3, -0.25) is 9.78 Å². The molecule has 0 fully saturated rings. The molecule has 2 rings (SSSR count). The van der Waals surface area contributed by atoms with E-state index in [1.807, 2.05) is 48.7 Å². The number of ether oxygens (including phenoxy) is 1. The number of pyridine rings is 1. The van der Waals surface area contributed by atoms with Crippen molar-refractivity contribution in [1.29, 1.82) is 0 Å². The van der Waals surface area contributed by atoms with E-state index in [1.54, 1.807) is 7.11 Å². The normalized spacial score (nSPS) is 10.3. The summed E-state index contributed by atoms with van der Waals surface area (Å²) in [5.41, 5.74) is 1.89. The summed E-state index contributed by atoms with van der Waals surface area (Å²) < 4.78 is 5.09. The van der Waals surface area contributed by atoms with Gasteiger partial charge in [-0.1, -0.05) is 12.5 Å². The largest absolute Gasteiger partial charge is 0.497 e. The molecule has 0 bridgehead atoms. The van der Waals surface area contributed by atoms with Crippen molar-refractivity contribution in [2.75, 3.05) is 7.11 Å². The average molecular weight is 283 g/mol. The van der Waals surface area contributed by atoms with Gasteiger partial charge in [0.2, 0.25) is 0 Å². The molecule has 0 atom stereocenters. The van der Waals surface area contributed by atoms with E-state index in [9.17, 15) is 4.79 Å². The second-order valence-electron chi connectivity index (χ2n) is 5.03. The lowest BCUT2D eigenvalue weighted by Crippen LogP contribution is -1.99. The predicted molar refractivity (Wildman–Crippen MR) is 83.7 cm³/mol. The Hall–Kier alpha value is -2.16. The number of carbonyl (C=O) groups excluding carboxylic acids is 1. The highest BCUT2D eigenvalue weighted by Gasteiger charge is 2.05. The second kappa shape index (κ2) is 8.20. The van der Waals surface area contributed by atoms with Crippen LogP contribution >= 0.6 is 0 Å². The van der Waals surface area contributed by atoms with E-state index >= 15 is 0 Å². The summed E-state index contributed by atoms with van der Waals surface area (Å²) in [5, 5.41) is 0. The van der Waals surface area contributed by atoms with Gasteiger partial charge in [0.25, 0.3) is 0 Å². The monoisotopic (exact) mass is 283 g/mol. The van der Waals surface area contributed by atoms with Gasteiger partial charge in [0.1, 0.15) is 5.75 Å². The molecular weight excluding hydrogens is 262 g/mol. The van der Waals surface area contributed by atoms with Crippen LogP contribution < -0.4 is 4.74 Å². The van der Waals surface area contributed by atoms with Crippen molar-refractivity contribution in [2.45, 2.75) is 32.1 Å². The van der Waals surface area contributed by atoms with Crippen molar-refractivity contribution >= 4 is 5.78 Å². The maximum absolute atomic E-state index is 12.0. The molecule has 3 heteroatoms. The minimum absolute atomic E-state index is 0.204. The van der Waals surface area contributed by atoms with Crippen LogP contribution in [0, 0.1) is 0 Å². The summed E-state index contributed by atoms with van der Waals surface area (Å²) in [6.45, 7) is 0. The van der Waals surface area contributed by atoms with Gasteiger partial charge in [0, 0.05) is 23.9 Å². The lowest BCUT2D eigenvalue weighted by atomic mass is 10.0. The Bertz CT molecular complexity index is 549. The summed E-state index contributed by atoms with van der Waals surface area (Å²) in [5.74, 6) is 0.984. The molecule has 1 aromatic carbocycles. The summed E-state index contributed by atoms with van der Waals surface area (Å²) in [6.07, 6.45) is 6.47. The highest BCUT2D eigenvalue weighted by Crippen LogP contribution is 2.14. The first-order valence-electron chi connectivity index (χ1n) is 7.37. The molecule has 0 unspecified atom stereocenters. The van der Waals surface area contributed by atoms with Gasteiger partial charge in [-0.2, -0.15) is 0 Å². The zero-order chi connectivity index (χ0) is 14.9. The van der Waals surface area contributed by atoms with E-state index in [0.717, 1.165) is 42.7 Å². The van der Waals surface area contributed by atoms with E-state index in [2.05, 4.69) is 4.98 Å². The van der Waals surface area contributed by atoms with E-state index in [0.29, 0.717) is 6.42 Å². The third-order valence-electron chi connectivity index (χ3n) is 3.47. The fraction of sp³-hybridized carbons (Fsp3) is 0.333. The zero-order valence-corrected chi connectivity index (χ0v) is 12.4. The topological polar surface area (TPSA) is 39.2 Å². The Morgan fingerprint density at radius 1 is 1.05 bits per heavy atom. The maximum Gasteiger partial charge on any atom is 0.162 e. The molecule has 0 radical (unpaired) electrons. The first kappa shape index (κ1) is 15.2. The maximum atomic E-state index is 12.0. The highest BCUT2D eigenvalue weighted by molar-refractivity contribution is 5.96. The van der Waals surface area contributed by atoms with Crippen molar-refractivity contribution in [3.05, 3.63) is 59.9 Å². The predicted octanol–water partition coefficient (Wildman–Crippen LogP) is 4.08. The molecule has 1 aromatic heterocycles. The number of benzene rings is 1. The van der Waals surface area contributed by atoms with Crippen LogP contribution in [0.4, 0.5) is 0 Å². The molecule has 1 heterocycles. The summed E-state index contributed by atoms with van der Waals surface area (Å²) in [6, 6.07) is 13.3. The van der Waals surface area contributed by atoms with Crippen LogP contribution in [0.5, 0.6) is 5.75 Å². The third-order valence-corrected chi connectivity index (χ3v) is 3.47. The number of hydrogen-bond donors (Lipinski definition) is 0. The number of aryl methyl sites for hydroxylation is 1. The van der Waals surface area contributed by atoms with Gasteiger partial charge < -0.3 is 4.74 Å². The summed E-state index contributed by atoms with van der Waals surface area (Å²) >= 11 is 0. The number of ketones is 1. The molecule has 0 amide bonds. The van der Waals surface area contributed by atoms with E-state index in [1.165, 1.54) is 0 Å². The third kappa shape index (κ3) is 5.03. The molecule has 0 N–H and O–H groups in total. The molecule has 110 valence electrons. The van der Waals surface area contributed by atoms with Crippen LogP contribution in [-0.4, -0.2) is 17.9 Å². The highest BCUT2D eigenvalue weighted by atomic mass is 16.5. The second-order valence-corrected chi connectivity index (χ2v) is 5.03. The number of carbonyl (C=O) groups is 1. The van der Waals surface area contributed by atoms with Crippen LogP contribution in [-0.2, 0) is 6.42 Å². The average Bonchev–Trinajstić information content (AvgIpc) is 2.55. The van der Waals surface area contributed by atoms with E-state index < -0.39 is 0 Å². The molecule has 0 aliphatic rings. The molecule has 0 aliphatic carbocycles. The lowest BCUT2D eigenvalue weighted by molar-refractivity contribution is 0.0979. The van der Waals surface area contributed by atoms with Gasteiger partial charge in [-0.25, -0.2) is 0 Å². The van der Waals surface area contributed by atoms with Gasteiger partial charge in [-0.15, -0.1) is 0 Å². The Balaban J connectivity index is 1.67. The smallest absolute Gasteiger partial charge is 0.162 e. The lowest BCUT2D eigenvalue weighted by Gasteiger charge is -2.03. The van der Waals surface area contributed by atoms with Crippen LogP contribution in [0.3, 0.4) is 0 Å². The van der Waals surface area contributed by atoms with Crippen molar-refractivity contribution in [3.63, 3.8) is 0 Å². The fourth-order valence-corrected chi connectivity index (χ4v) is 2.24. The first-order chi connectivity index (χ1) is 10.3. The van der Waals surface area contributed by atoms with Gasteiger partial charge in [-0.05, 0) is 55.7 Å². The molecular formula is C18H21NO2. The Kier molecular flexibility index (Phi) is 5.95. The van der Waals surface area contributed by atoms with E-state index in [-0.39, 0.29) is 5.78 Å². The number of aromatic nitrogens is 1. The van der Waals surface area contributed by atoms with Gasteiger partial charge in [0.05, 0.1) is 7.11 Å². The number of nitrogens with zero attached hydrogens (tertiary/aromatic N) is 1. The first-order valence-corrected chi connectivity index (χ1v) is 7.37. The number of hydrogen-bond acceptors (Lipinski definition) is 3. The van der Waals surface area contributed by atoms with Crippen LogP contribution in [0.25, 0.3) is 0 Å². The summed E-state index contributed by atoms with van der Waals surface area (Å²) in [7, 11) is 1.62. The standard InChI is InChI=1S/C18H21NO2/c1-21-17-12-10-15(11-13-17)18(20)9-4-2-3-7-16-8-5-6-14-19-16/h5-6,8,10-14H,2-4,7,9H2,1H3. The minimum atomic E-state index is 0.204. The zero-order valence-electron chi connectivity index (χ0n) is 12.4. The number of rotatable bonds is 8. The number of unbranched alkanes of at least 4 members (excludes halogenated alkanes) is 2. The van der Waals surface area contributed by atoms with Gasteiger partial charge in [0.15, 0.2) is 5.78 Å². The number of Topliss-reactive ketones (excluding diaryl/α,β-unsaturated/α-hetero) is 1. The SMILES string of the molecule is COc1ccc(C(=O)CCCCCc2ccccn2)cc1. The Morgan fingerprint density at radius 2 is 1.86 bits per heavy atom.